The number of methoxy groups -OCH3 is 1. The summed E-state index contributed by atoms with van der Waals surface area (Å²) in [7, 11) is 1.56. The van der Waals surface area contributed by atoms with Gasteiger partial charge in [0.05, 0.1) is 18.5 Å². The normalized spacial score (nSPS) is 16.2. The molecule has 1 saturated heterocycles. The van der Waals surface area contributed by atoms with E-state index in [2.05, 4.69) is 0 Å². The first-order valence-corrected chi connectivity index (χ1v) is 6.39. The van der Waals surface area contributed by atoms with Crippen LogP contribution in [-0.4, -0.2) is 36.8 Å². The van der Waals surface area contributed by atoms with Gasteiger partial charge < -0.3 is 15.4 Å². The number of hydrogen-bond acceptors (Lipinski definition) is 3. The summed E-state index contributed by atoms with van der Waals surface area (Å²) in [6, 6.07) is 7.24. The fraction of sp³-hybridized carbons (Fsp3) is 0.429. The van der Waals surface area contributed by atoms with E-state index in [1.165, 1.54) is 0 Å². The third-order valence-corrected chi connectivity index (χ3v) is 3.56. The van der Waals surface area contributed by atoms with Crippen LogP contribution >= 0.6 is 0 Å². The van der Waals surface area contributed by atoms with Crippen LogP contribution < -0.4 is 10.5 Å². The van der Waals surface area contributed by atoms with Crippen molar-refractivity contribution in [2.45, 2.75) is 12.8 Å². The summed E-state index contributed by atoms with van der Waals surface area (Å²) in [5.74, 6) is 0.923. The summed E-state index contributed by atoms with van der Waals surface area (Å²) in [6.45, 7) is 1.28. The third-order valence-electron chi connectivity index (χ3n) is 3.56. The van der Waals surface area contributed by atoms with E-state index in [0.29, 0.717) is 24.4 Å². The second kappa shape index (κ2) is 5.73. The van der Waals surface area contributed by atoms with Crippen molar-refractivity contribution >= 4 is 11.7 Å². The van der Waals surface area contributed by atoms with Crippen molar-refractivity contribution in [2.75, 3.05) is 20.2 Å². The van der Waals surface area contributed by atoms with Crippen LogP contribution in [0.2, 0.25) is 0 Å². The number of benzene rings is 1. The van der Waals surface area contributed by atoms with Crippen LogP contribution in [0.3, 0.4) is 0 Å². The van der Waals surface area contributed by atoms with Gasteiger partial charge in [-0.25, -0.2) is 0 Å². The van der Waals surface area contributed by atoms with Gasteiger partial charge in [-0.05, 0) is 25.0 Å². The number of amidine groups is 1. The Labute approximate surface area is 112 Å². The highest BCUT2D eigenvalue weighted by molar-refractivity contribution is 5.97. The molecule has 0 unspecified atom stereocenters. The van der Waals surface area contributed by atoms with Crippen LogP contribution in [0.1, 0.15) is 23.2 Å². The minimum absolute atomic E-state index is 0.0144. The van der Waals surface area contributed by atoms with Gasteiger partial charge in [-0.15, -0.1) is 0 Å². The fourth-order valence-electron chi connectivity index (χ4n) is 2.39. The molecule has 0 aliphatic carbocycles. The van der Waals surface area contributed by atoms with Crippen molar-refractivity contribution in [3.63, 3.8) is 0 Å². The molecule has 3 N–H and O–H groups in total. The Morgan fingerprint density at radius 2 is 2.00 bits per heavy atom. The number of hydrogen-bond donors (Lipinski definition) is 2. The summed E-state index contributed by atoms with van der Waals surface area (Å²) in [5.41, 5.74) is 6.09. The summed E-state index contributed by atoms with van der Waals surface area (Å²) < 4.78 is 5.22. The number of carbonyl (C=O) groups is 1. The van der Waals surface area contributed by atoms with Crippen molar-refractivity contribution in [3.8, 4) is 5.75 Å². The fourth-order valence-corrected chi connectivity index (χ4v) is 2.39. The van der Waals surface area contributed by atoms with Gasteiger partial charge in [0.25, 0.3) is 5.91 Å². The Balaban J connectivity index is 2.07. The van der Waals surface area contributed by atoms with Crippen molar-refractivity contribution in [2.24, 2.45) is 11.7 Å². The lowest BCUT2D eigenvalue weighted by Gasteiger charge is -2.31. The smallest absolute Gasteiger partial charge is 0.257 e. The molecular weight excluding hydrogens is 242 g/mol. The van der Waals surface area contributed by atoms with E-state index in [1.54, 1.807) is 24.1 Å². The van der Waals surface area contributed by atoms with Gasteiger partial charge in [0.2, 0.25) is 0 Å². The summed E-state index contributed by atoms with van der Waals surface area (Å²) in [5, 5.41) is 7.44. The highest BCUT2D eigenvalue weighted by atomic mass is 16.5. The Hall–Kier alpha value is -2.04. The maximum absolute atomic E-state index is 12.4. The molecule has 5 nitrogen and oxygen atoms in total. The van der Waals surface area contributed by atoms with Crippen molar-refractivity contribution in [3.05, 3.63) is 29.8 Å². The zero-order valence-electron chi connectivity index (χ0n) is 11.1. The van der Waals surface area contributed by atoms with E-state index < -0.39 is 0 Å². The van der Waals surface area contributed by atoms with Gasteiger partial charge in [0.1, 0.15) is 5.75 Å². The molecule has 1 aromatic rings. The zero-order chi connectivity index (χ0) is 13.8. The standard InChI is InChI=1S/C14H19N3O2/c1-19-12-5-3-2-4-11(12)14(18)17-8-6-10(7-9-17)13(15)16/h2-5,10H,6-9H2,1H3,(H3,15,16). The zero-order valence-corrected chi connectivity index (χ0v) is 11.1. The van der Waals surface area contributed by atoms with Crippen LogP contribution in [0.25, 0.3) is 0 Å². The molecule has 1 aromatic carbocycles. The SMILES string of the molecule is COc1ccccc1C(=O)N1CCC(C(=N)N)CC1. The lowest BCUT2D eigenvalue weighted by Crippen LogP contribution is -2.41. The average Bonchev–Trinajstić information content (AvgIpc) is 2.46. The molecule has 0 aromatic heterocycles. The molecule has 5 heteroatoms. The molecule has 1 heterocycles. The predicted octanol–water partition coefficient (Wildman–Crippen LogP) is 1.48. The third kappa shape index (κ3) is 2.86. The van der Waals surface area contributed by atoms with Crippen LogP contribution in [0.4, 0.5) is 0 Å². The van der Waals surface area contributed by atoms with E-state index >= 15 is 0 Å². The van der Waals surface area contributed by atoms with E-state index in [-0.39, 0.29) is 17.7 Å². The Morgan fingerprint density at radius 3 is 2.58 bits per heavy atom. The predicted molar refractivity (Wildman–Crippen MR) is 73.5 cm³/mol. The molecule has 0 saturated carbocycles. The van der Waals surface area contributed by atoms with Crippen LogP contribution in [0, 0.1) is 11.3 Å². The molecule has 0 atom stereocenters. The molecule has 1 fully saturated rings. The lowest BCUT2D eigenvalue weighted by molar-refractivity contribution is 0.0706. The van der Waals surface area contributed by atoms with Crippen molar-refractivity contribution in [1.29, 1.82) is 5.41 Å². The van der Waals surface area contributed by atoms with Crippen LogP contribution in [0.5, 0.6) is 5.75 Å². The number of para-hydroxylation sites is 1. The summed E-state index contributed by atoms with van der Waals surface area (Å²) in [6.07, 6.45) is 1.52. The molecule has 0 bridgehead atoms. The summed E-state index contributed by atoms with van der Waals surface area (Å²) in [4.78, 5) is 14.2. The minimum Gasteiger partial charge on any atom is -0.496 e. The molecule has 0 spiro atoms. The van der Waals surface area contributed by atoms with E-state index in [4.69, 9.17) is 15.9 Å². The molecule has 1 amide bonds. The minimum atomic E-state index is -0.0144. The number of nitrogens with one attached hydrogen (secondary N) is 1. The largest absolute Gasteiger partial charge is 0.496 e. The number of nitrogens with zero attached hydrogens (tertiary/aromatic N) is 1. The van der Waals surface area contributed by atoms with E-state index in [0.717, 1.165) is 12.8 Å². The molecule has 0 radical (unpaired) electrons. The molecule has 1 aliphatic heterocycles. The second-order valence-electron chi connectivity index (χ2n) is 4.72. The van der Waals surface area contributed by atoms with Crippen molar-refractivity contribution < 1.29 is 9.53 Å². The van der Waals surface area contributed by atoms with Crippen molar-refractivity contribution in [1.82, 2.24) is 4.90 Å². The first kappa shape index (κ1) is 13.4. The number of carbonyl (C=O) groups excluding carboxylic acids is 1. The number of nitrogens with two attached hydrogens (primary N) is 1. The summed E-state index contributed by atoms with van der Waals surface area (Å²) >= 11 is 0. The number of amides is 1. The number of ether oxygens (including phenoxy) is 1. The van der Waals surface area contributed by atoms with Gasteiger partial charge in [-0.1, -0.05) is 12.1 Å². The quantitative estimate of drug-likeness (QED) is 0.639. The Morgan fingerprint density at radius 1 is 1.37 bits per heavy atom. The molecule has 102 valence electrons. The average molecular weight is 261 g/mol. The van der Waals surface area contributed by atoms with E-state index in [1.807, 2.05) is 12.1 Å². The number of rotatable bonds is 3. The first-order chi connectivity index (χ1) is 9.13. The molecule has 19 heavy (non-hydrogen) atoms. The van der Waals surface area contributed by atoms with E-state index in [9.17, 15) is 4.79 Å². The molecule has 1 aliphatic rings. The maximum atomic E-state index is 12.4. The highest BCUT2D eigenvalue weighted by Crippen LogP contribution is 2.23. The van der Waals surface area contributed by atoms with Crippen LogP contribution in [0.15, 0.2) is 24.3 Å². The molecule has 2 rings (SSSR count). The second-order valence-corrected chi connectivity index (χ2v) is 4.72. The first-order valence-electron chi connectivity index (χ1n) is 6.39. The monoisotopic (exact) mass is 261 g/mol. The van der Waals surface area contributed by atoms with Gasteiger partial charge in [-0.2, -0.15) is 0 Å². The Kier molecular flexibility index (Phi) is 4.04. The number of likely N-dealkylation sites (tertiary alicyclic amines) is 1. The van der Waals surface area contributed by atoms with Gasteiger partial charge in [0.15, 0.2) is 0 Å². The lowest BCUT2D eigenvalue weighted by atomic mass is 9.95. The topological polar surface area (TPSA) is 79.4 Å². The Bertz CT molecular complexity index is 479. The van der Waals surface area contributed by atoms with Gasteiger partial charge >= 0.3 is 0 Å². The highest BCUT2D eigenvalue weighted by Gasteiger charge is 2.26. The maximum Gasteiger partial charge on any atom is 0.257 e. The van der Waals surface area contributed by atoms with Crippen LogP contribution in [-0.2, 0) is 0 Å². The molecular formula is C14H19N3O2. The van der Waals surface area contributed by atoms with Gasteiger partial charge in [0, 0.05) is 19.0 Å². The number of piperidine rings is 1. The van der Waals surface area contributed by atoms with Gasteiger partial charge in [-0.3, -0.25) is 10.2 Å².